The van der Waals surface area contributed by atoms with Gasteiger partial charge in [0.15, 0.2) is 0 Å². The van der Waals surface area contributed by atoms with E-state index in [4.69, 9.17) is 0 Å². The van der Waals surface area contributed by atoms with E-state index in [1.165, 1.54) is 38.5 Å². The second-order valence-electron chi connectivity index (χ2n) is 10.0. The summed E-state index contributed by atoms with van der Waals surface area (Å²) in [6, 6.07) is 3.92. The summed E-state index contributed by atoms with van der Waals surface area (Å²) >= 11 is 0. The van der Waals surface area contributed by atoms with Crippen LogP contribution in [0.3, 0.4) is 0 Å². The minimum atomic E-state index is -0.132. The van der Waals surface area contributed by atoms with Crippen LogP contribution in [-0.2, 0) is 4.79 Å². The van der Waals surface area contributed by atoms with Crippen molar-refractivity contribution in [2.45, 2.75) is 70.8 Å². The Balaban J connectivity index is 1.13. The molecule has 2 N–H and O–H groups in total. The molecule has 0 spiro atoms. The average molecular weight is 409 g/mol. The number of aromatic nitrogens is 2. The van der Waals surface area contributed by atoms with E-state index in [0.29, 0.717) is 25.1 Å². The number of rotatable bonds is 6. The second-order valence-corrected chi connectivity index (χ2v) is 10.0. The third-order valence-corrected chi connectivity index (χ3v) is 7.54. The van der Waals surface area contributed by atoms with E-state index >= 15 is 0 Å². The van der Waals surface area contributed by atoms with Crippen molar-refractivity contribution < 1.29 is 9.59 Å². The van der Waals surface area contributed by atoms with E-state index in [0.717, 1.165) is 34.7 Å². The Morgan fingerprint density at radius 2 is 1.80 bits per heavy atom. The number of pyridine rings is 1. The fourth-order valence-corrected chi connectivity index (χ4v) is 6.75. The van der Waals surface area contributed by atoms with E-state index < -0.39 is 0 Å². The average Bonchev–Trinajstić information content (AvgIpc) is 3.01. The molecular weight excluding hydrogens is 376 g/mol. The van der Waals surface area contributed by atoms with Crippen molar-refractivity contribution in [3.8, 4) is 0 Å². The molecule has 2 aromatic heterocycles. The number of carbonyl (C=O) groups excluding carboxylic acids is 2. The topological polar surface area (TPSA) is 75.5 Å². The first kappa shape index (κ1) is 19.6. The van der Waals surface area contributed by atoms with E-state index in [2.05, 4.69) is 15.6 Å². The summed E-state index contributed by atoms with van der Waals surface area (Å²) < 4.78 is 1.85. The molecule has 0 atom stereocenters. The van der Waals surface area contributed by atoms with E-state index in [9.17, 15) is 9.59 Å². The van der Waals surface area contributed by atoms with Gasteiger partial charge in [-0.3, -0.25) is 14.0 Å². The van der Waals surface area contributed by atoms with Crippen molar-refractivity contribution in [3.63, 3.8) is 0 Å². The molecule has 0 unspecified atom stereocenters. The summed E-state index contributed by atoms with van der Waals surface area (Å²) in [5, 5.41) is 6.39. The highest BCUT2D eigenvalue weighted by Crippen LogP contribution is 2.55. The summed E-state index contributed by atoms with van der Waals surface area (Å²) in [5.41, 5.74) is 3.23. The Morgan fingerprint density at radius 3 is 2.47 bits per heavy atom. The van der Waals surface area contributed by atoms with Gasteiger partial charge in [0.05, 0.1) is 5.69 Å². The molecule has 4 aliphatic rings. The van der Waals surface area contributed by atoms with Crippen molar-refractivity contribution in [3.05, 3.63) is 35.3 Å². The minimum absolute atomic E-state index is 0.0700. The Morgan fingerprint density at radius 1 is 1.13 bits per heavy atom. The molecule has 6 nitrogen and oxygen atoms in total. The summed E-state index contributed by atoms with van der Waals surface area (Å²) in [6.45, 7) is 4.35. The Labute approximate surface area is 177 Å². The molecule has 0 aliphatic heterocycles. The quantitative estimate of drug-likeness (QED) is 0.718. The van der Waals surface area contributed by atoms with Crippen LogP contribution >= 0.6 is 0 Å². The molecular formula is C24H32N4O2. The van der Waals surface area contributed by atoms with Crippen LogP contribution in [0.4, 0.5) is 0 Å². The molecule has 2 aromatic rings. The van der Waals surface area contributed by atoms with Gasteiger partial charge >= 0.3 is 0 Å². The molecule has 6 rings (SSSR count). The molecule has 2 amide bonds. The van der Waals surface area contributed by atoms with Gasteiger partial charge in [-0.05, 0) is 88.2 Å². The normalized spacial score (nSPS) is 29.3. The fourth-order valence-electron chi connectivity index (χ4n) is 6.75. The smallest absolute Gasteiger partial charge is 0.270 e. The predicted molar refractivity (Wildman–Crippen MR) is 115 cm³/mol. The third kappa shape index (κ3) is 3.50. The molecule has 4 saturated carbocycles. The maximum Gasteiger partial charge on any atom is 0.270 e. The number of amides is 2. The first-order chi connectivity index (χ1) is 14.4. The molecule has 30 heavy (non-hydrogen) atoms. The molecule has 6 heteroatoms. The predicted octanol–water partition coefficient (Wildman–Crippen LogP) is 3.55. The zero-order valence-corrected chi connectivity index (χ0v) is 18.0. The molecule has 0 aromatic carbocycles. The zero-order chi connectivity index (χ0) is 20.9. The summed E-state index contributed by atoms with van der Waals surface area (Å²) in [5.74, 6) is 2.49. The number of nitrogens with one attached hydrogen (secondary N) is 2. The molecule has 0 saturated heterocycles. The van der Waals surface area contributed by atoms with Gasteiger partial charge in [-0.25, -0.2) is 4.98 Å². The Bertz CT molecular complexity index is 957. The van der Waals surface area contributed by atoms with Gasteiger partial charge < -0.3 is 10.6 Å². The van der Waals surface area contributed by atoms with Gasteiger partial charge in [0, 0.05) is 24.7 Å². The largest absolute Gasteiger partial charge is 0.351 e. The van der Waals surface area contributed by atoms with Gasteiger partial charge in [-0.1, -0.05) is 6.07 Å². The van der Waals surface area contributed by atoms with Gasteiger partial charge in [-0.15, -0.1) is 0 Å². The van der Waals surface area contributed by atoms with Gasteiger partial charge in [0.1, 0.15) is 11.3 Å². The lowest BCUT2D eigenvalue weighted by Gasteiger charge is -2.56. The van der Waals surface area contributed by atoms with Crippen LogP contribution in [-0.4, -0.2) is 33.3 Å². The van der Waals surface area contributed by atoms with E-state index in [-0.39, 0.29) is 17.4 Å². The molecule has 4 bridgehead atoms. The first-order valence-corrected chi connectivity index (χ1v) is 11.5. The number of fused-ring (bicyclic) bond motifs is 1. The molecule has 4 aliphatic carbocycles. The van der Waals surface area contributed by atoms with Crippen molar-refractivity contribution in [2.75, 3.05) is 6.54 Å². The highest BCUT2D eigenvalue weighted by Gasteiger charge is 2.51. The van der Waals surface area contributed by atoms with Crippen molar-refractivity contribution in [1.29, 1.82) is 0 Å². The van der Waals surface area contributed by atoms with E-state index in [1.54, 1.807) is 0 Å². The number of aryl methyl sites for hydroxylation is 2. The summed E-state index contributed by atoms with van der Waals surface area (Å²) in [4.78, 5) is 29.9. The lowest BCUT2D eigenvalue weighted by Crippen LogP contribution is -2.59. The van der Waals surface area contributed by atoms with E-state index in [1.807, 2.05) is 36.6 Å². The van der Waals surface area contributed by atoms with Crippen molar-refractivity contribution in [2.24, 2.45) is 17.8 Å². The van der Waals surface area contributed by atoms with Crippen LogP contribution in [0.2, 0.25) is 0 Å². The fraction of sp³-hybridized carbons (Fsp3) is 0.625. The van der Waals surface area contributed by atoms with Crippen LogP contribution in [0.5, 0.6) is 0 Å². The Kier molecular flexibility index (Phi) is 4.83. The highest BCUT2D eigenvalue weighted by molar-refractivity contribution is 5.94. The molecule has 2 heterocycles. The second kappa shape index (κ2) is 7.40. The van der Waals surface area contributed by atoms with Crippen LogP contribution in [0.25, 0.3) is 5.65 Å². The zero-order valence-electron chi connectivity index (χ0n) is 18.0. The van der Waals surface area contributed by atoms with Crippen LogP contribution in [0.15, 0.2) is 18.3 Å². The number of hydrogen-bond acceptors (Lipinski definition) is 3. The number of carbonyl (C=O) groups is 2. The lowest BCUT2D eigenvalue weighted by atomic mass is 9.53. The van der Waals surface area contributed by atoms with Gasteiger partial charge in [0.2, 0.25) is 5.91 Å². The van der Waals surface area contributed by atoms with Crippen LogP contribution in [0.1, 0.15) is 73.1 Å². The van der Waals surface area contributed by atoms with Crippen LogP contribution < -0.4 is 10.6 Å². The monoisotopic (exact) mass is 408 g/mol. The maximum atomic E-state index is 12.7. The van der Waals surface area contributed by atoms with Crippen molar-refractivity contribution in [1.82, 2.24) is 20.0 Å². The molecule has 160 valence electrons. The van der Waals surface area contributed by atoms with Crippen molar-refractivity contribution >= 4 is 17.5 Å². The lowest BCUT2D eigenvalue weighted by molar-refractivity contribution is -0.126. The standard InChI is InChI=1S/C24H32N4O2/c1-15-5-4-8-28-21(16(2)26-22(15)28)23(30)25-7-3-6-20(29)27-24-12-17-9-18(13-24)11-19(10-17)14-24/h4-5,8,17-19H,3,6-7,9-14H2,1-2H3,(H,25,30)(H,27,29). The third-order valence-electron chi connectivity index (χ3n) is 7.54. The van der Waals surface area contributed by atoms with Gasteiger partial charge in [-0.2, -0.15) is 0 Å². The van der Waals surface area contributed by atoms with Gasteiger partial charge in [0.25, 0.3) is 5.91 Å². The molecule has 0 radical (unpaired) electrons. The minimum Gasteiger partial charge on any atom is -0.351 e. The number of hydrogen-bond donors (Lipinski definition) is 2. The number of nitrogens with zero attached hydrogens (tertiary/aromatic N) is 2. The first-order valence-electron chi connectivity index (χ1n) is 11.5. The summed E-state index contributed by atoms with van der Waals surface area (Å²) in [6.07, 6.45) is 10.6. The Hall–Kier alpha value is -2.37. The summed E-state index contributed by atoms with van der Waals surface area (Å²) in [7, 11) is 0. The SMILES string of the molecule is Cc1nc2c(C)cccn2c1C(=O)NCCCC(=O)NC12CC3CC(CC(C3)C1)C2. The maximum absolute atomic E-state index is 12.7. The number of imidazole rings is 1. The molecule has 4 fully saturated rings. The highest BCUT2D eigenvalue weighted by atomic mass is 16.2. The van der Waals surface area contributed by atoms with Crippen LogP contribution in [0, 0.1) is 31.6 Å².